The third kappa shape index (κ3) is 2.49. The Labute approximate surface area is 153 Å². The van der Waals surface area contributed by atoms with Crippen molar-refractivity contribution in [2.24, 2.45) is 0 Å². The van der Waals surface area contributed by atoms with E-state index in [-0.39, 0.29) is 0 Å². The van der Waals surface area contributed by atoms with Gasteiger partial charge in [-0.25, -0.2) is 0 Å². The zero-order valence-corrected chi connectivity index (χ0v) is 14.7. The summed E-state index contributed by atoms with van der Waals surface area (Å²) in [5.41, 5.74) is 5.01. The average Bonchev–Trinajstić information content (AvgIpc) is 3.38. The maximum atomic E-state index is 4.69. The molecule has 0 fully saturated rings. The molecule has 126 valence electrons. The second kappa shape index (κ2) is 5.89. The normalized spacial score (nSPS) is 11.3. The number of hydrogen-bond donors (Lipinski definition) is 1. The molecule has 3 aromatic heterocycles. The molecule has 5 rings (SSSR count). The third-order valence-electron chi connectivity index (χ3n) is 4.18. The molecule has 6 nitrogen and oxygen atoms in total. The molecule has 0 radical (unpaired) electrons. The molecule has 0 saturated carbocycles. The fourth-order valence-electron chi connectivity index (χ4n) is 2.79. The van der Waals surface area contributed by atoms with Crippen LogP contribution < -0.4 is 0 Å². The van der Waals surface area contributed by atoms with Crippen LogP contribution in [0.15, 0.2) is 60.7 Å². The van der Waals surface area contributed by atoms with Crippen LogP contribution in [0.1, 0.15) is 5.56 Å². The van der Waals surface area contributed by atoms with Crippen molar-refractivity contribution in [2.45, 2.75) is 6.92 Å². The van der Waals surface area contributed by atoms with Crippen LogP contribution in [0.5, 0.6) is 0 Å². The van der Waals surface area contributed by atoms with E-state index in [0.29, 0.717) is 5.82 Å². The molecule has 7 heteroatoms. The quantitative estimate of drug-likeness (QED) is 0.524. The zero-order chi connectivity index (χ0) is 17.5. The molecule has 0 aliphatic rings. The number of fused-ring (bicyclic) bond motifs is 1. The smallest absolute Gasteiger partial charge is 0.235 e. The van der Waals surface area contributed by atoms with E-state index in [9.17, 15) is 0 Å². The topological polar surface area (TPSA) is 71.8 Å². The van der Waals surface area contributed by atoms with E-state index >= 15 is 0 Å². The van der Waals surface area contributed by atoms with E-state index < -0.39 is 0 Å². The minimum absolute atomic E-state index is 0.657. The maximum absolute atomic E-state index is 4.69. The van der Waals surface area contributed by atoms with Crippen molar-refractivity contribution >= 4 is 16.3 Å². The number of nitrogens with zero attached hydrogens (tertiary/aromatic N) is 5. The lowest BCUT2D eigenvalue weighted by atomic mass is 10.1. The van der Waals surface area contributed by atoms with Crippen molar-refractivity contribution in [1.82, 2.24) is 30.0 Å². The van der Waals surface area contributed by atoms with Gasteiger partial charge in [0.15, 0.2) is 0 Å². The highest BCUT2D eigenvalue weighted by Gasteiger charge is 2.16. The molecule has 0 unspecified atom stereocenters. The van der Waals surface area contributed by atoms with Gasteiger partial charge >= 0.3 is 0 Å². The lowest BCUT2D eigenvalue weighted by molar-refractivity contribution is 0.954. The van der Waals surface area contributed by atoms with Crippen LogP contribution in [0.2, 0.25) is 0 Å². The van der Waals surface area contributed by atoms with Crippen molar-refractivity contribution < 1.29 is 0 Å². The van der Waals surface area contributed by atoms with Crippen LogP contribution in [0.25, 0.3) is 38.3 Å². The number of aryl methyl sites for hydroxylation is 1. The Bertz CT molecular complexity index is 1180. The minimum Gasteiger partial charge on any atom is -0.274 e. The molecule has 26 heavy (non-hydrogen) atoms. The molecule has 0 atom stereocenters. The standard InChI is InChI=1S/C19H14N6S/c1-12-7-9-14(10-8-12)18-24-25-17(22-23-19(25)26-18)16-11-15(20-21-16)13-5-3-2-4-6-13/h2-11H,1H3,(H,20,21). The number of H-pyrrole nitrogens is 1. The van der Waals surface area contributed by atoms with Crippen molar-refractivity contribution in [1.29, 1.82) is 0 Å². The molecule has 2 aromatic carbocycles. The summed E-state index contributed by atoms with van der Waals surface area (Å²) in [7, 11) is 0. The Morgan fingerprint density at radius 2 is 1.73 bits per heavy atom. The van der Waals surface area contributed by atoms with E-state index in [1.165, 1.54) is 16.9 Å². The summed E-state index contributed by atoms with van der Waals surface area (Å²) in [5.74, 6) is 0.657. The zero-order valence-electron chi connectivity index (χ0n) is 13.9. The largest absolute Gasteiger partial charge is 0.274 e. The first-order valence-electron chi connectivity index (χ1n) is 8.18. The number of aromatic amines is 1. The van der Waals surface area contributed by atoms with Crippen LogP contribution in [-0.4, -0.2) is 30.0 Å². The molecule has 0 bridgehead atoms. The van der Waals surface area contributed by atoms with E-state index in [0.717, 1.165) is 32.5 Å². The van der Waals surface area contributed by atoms with Crippen LogP contribution in [0, 0.1) is 6.92 Å². The van der Waals surface area contributed by atoms with Crippen molar-refractivity contribution in [3.8, 4) is 33.3 Å². The minimum atomic E-state index is 0.657. The number of rotatable bonds is 3. The van der Waals surface area contributed by atoms with E-state index in [1.807, 2.05) is 36.4 Å². The van der Waals surface area contributed by atoms with Crippen molar-refractivity contribution in [3.63, 3.8) is 0 Å². The fourth-order valence-corrected chi connectivity index (χ4v) is 3.64. The van der Waals surface area contributed by atoms with Crippen LogP contribution in [0.3, 0.4) is 0 Å². The molecule has 0 spiro atoms. The van der Waals surface area contributed by atoms with Gasteiger partial charge in [-0.3, -0.25) is 5.10 Å². The Balaban J connectivity index is 1.56. The van der Waals surface area contributed by atoms with E-state index in [4.69, 9.17) is 5.10 Å². The Morgan fingerprint density at radius 3 is 2.54 bits per heavy atom. The van der Waals surface area contributed by atoms with Gasteiger partial charge in [0.1, 0.15) is 10.7 Å². The van der Waals surface area contributed by atoms with Crippen molar-refractivity contribution in [2.75, 3.05) is 0 Å². The lowest BCUT2D eigenvalue weighted by Crippen LogP contribution is -1.91. The summed E-state index contributed by atoms with van der Waals surface area (Å²) in [6, 6.07) is 20.3. The number of aromatic nitrogens is 6. The van der Waals surface area contributed by atoms with Gasteiger partial charge in [-0.2, -0.15) is 14.7 Å². The highest BCUT2D eigenvalue weighted by Crippen LogP contribution is 2.28. The first-order valence-corrected chi connectivity index (χ1v) is 9.00. The van der Waals surface area contributed by atoms with Crippen LogP contribution in [0.4, 0.5) is 0 Å². The third-order valence-corrected chi connectivity index (χ3v) is 5.13. The number of nitrogens with one attached hydrogen (secondary N) is 1. The second-order valence-electron chi connectivity index (χ2n) is 6.02. The van der Waals surface area contributed by atoms with Gasteiger partial charge in [-0.1, -0.05) is 71.5 Å². The first-order chi connectivity index (χ1) is 12.8. The average molecular weight is 358 g/mol. The molecule has 0 saturated heterocycles. The Morgan fingerprint density at radius 1 is 0.923 bits per heavy atom. The predicted molar refractivity (Wildman–Crippen MR) is 102 cm³/mol. The molecule has 3 heterocycles. The van der Waals surface area contributed by atoms with Gasteiger partial charge in [0.25, 0.3) is 0 Å². The summed E-state index contributed by atoms with van der Waals surface area (Å²) in [6.45, 7) is 2.07. The predicted octanol–water partition coefficient (Wildman–Crippen LogP) is 4.22. The molecule has 0 aliphatic carbocycles. The number of hydrogen-bond acceptors (Lipinski definition) is 5. The van der Waals surface area contributed by atoms with E-state index in [2.05, 4.69) is 51.6 Å². The van der Waals surface area contributed by atoms with Gasteiger partial charge in [0, 0.05) is 11.1 Å². The van der Waals surface area contributed by atoms with Gasteiger partial charge in [0.05, 0.1) is 5.69 Å². The summed E-state index contributed by atoms with van der Waals surface area (Å²) < 4.78 is 1.77. The highest BCUT2D eigenvalue weighted by molar-refractivity contribution is 7.19. The van der Waals surface area contributed by atoms with Gasteiger partial charge in [-0.05, 0) is 13.0 Å². The monoisotopic (exact) mass is 358 g/mol. The first kappa shape index (κ1) is 15.0. The van der Waals surface area contributed by atoms with Gasteiger partial charge in [-0.15, -0.1) is 10.2 Å². The Kier molecular flexibility index (Phi) is 3.39. The SMILES string of the molecule is Cc1ccc(-c2nn3c(-c4cc(-c5ccccc5)n[nH]4)nnc3s2)cc1. The van der Waals surface area contributed by atoms with E-state index in [1.54, 1.807) is 4.52 Å². The molecular weight excluding hydrogens is 344 g/mol. The summed E-state index contributed by atoms with van der Waals surface area (Å²) >= 11 is 1.52. The molecular formula is C19H14N6S. The molecule has 1 N–H and O–H groups in total. The van der Waals surface area contributed by atoms with Gasteiger partial charge in [0.2, 0.25) is 10.8 Å². The second-order valence-corrected chi connectivity index (χ2v) is 6.98. The van der Waals surface area contributed by atoms with Gasteiger partial charge < -0.3 is 0 Å². The summed E-state index contributed by atoms with van der Waals surface area (Å²) in [6.07, 6.45) is 0. The fraction of sp³-hybridized carbons (Fsp3) is 0.0526. The molecule has 5 aromatic rings. The summed E-state index contributed by atoms with van der Waals surface area (Å²) in [5, 5.41) is 21.6. The van der Waals surface area contributed by atoms with Crippen LogP contribution >= 0.6 is 11.3 Å². The van der Waals surface area contributed by atoms with Crippen LogP contribution in [-0.2, 0) is 0 Å². The highest BCUT2D eigenvalue weighted by atomic mass is 32.1. The maximum Gasteiger partial charge on any atom is 0.235 e. The molecule has 0 aliphatic heterocycles. The van der Waals surface area contributed by atoms with Crippen molar-refractivity contribution in [3.05, 3.63) is 66.2 Å². The Hall–Kier alpha value is -3.32. The molecule has 0 amide bonds. The number of benzene rings is 2. The lowest BCUT2D eigenvalue weighted by Gasteiger charge is -1.96. The summed E-state index contributed by atoms with van der Waals surface area (Å²) in [4.78, 5) is 0.756.